The Bertz CT molecular complexity index is 362. The summed E-state index contributed by atoms with van der Waals surface area (Å²) in [6, 6.07) is 0. The second-order valence-corrected chi connectivity index (χ2v) is 7.03. The second-order valence-electron chi connectivity index (χ2n) is 7.03. The molecule has 4 N–H and O–H groups in total. The van der Waals surface area contributed by atoms with Gasteiger partial charge in [-0.2, -0.15) is 0 Å². The molecule has 0 heterocycles. The van der Waals surface area contributed by atoms with Gasteiger partial charge in [0.1, 0.15) is 5.60 Å². The van der Waals surface area contributed by atoms with Gasteiger partial charge in [0, 0.05) is 38.8 Å². The molecule has 0 fully saturated rings. The summed E-state index contributed by atoms with van der Waals surface area (Å²) in [5, 5.41) is 12.4. The van der Waals surface area contributed by atoms with Crippen LogP contribution in [0.1, 0.15) is 41.5 Å². The molecular weight excluding hydrogens is 409 g/mol. The van der Waals surface area contributed by atoms with Gasteiger partial charge in [-0.1, -0.05) is 0 Å². The summed E-state index contributed by atoms with van der Waals surface area (Å²) in [6.07, 6.45) is -0.411. The van der Waals surface area contributed by atoms with Gasteiger partial charge in [-0.3, -0.25) is 4.99 Å². The van der Waals surface area contributed by atoms with Gasteiger partial charge in [0.2, 0.25) is 0 Å². The Kier molecular flexibility index (Phi) is 12.5. The maximum absolute atomic E-state index is 11.5. The molecule has 138 valence electrons. The van der Waals surface area contributed by atoms with Crippen molar-refractivity contribution in [3.8, 4) is 0 Å². The third kappa shape index (κ3) is 17.4. The fourth-order valence-corrected chi connectivity index (χ4v) is 1.50. The number of hydrogen-bond donors (Lipinski definition) is 4. The van der Waals surface area contributed by atoms with Crippen LogP contribution in [0, 0.1) is 0 Å². The van der Waals surface area contributed by atoms with Crippen molar-refractivity contribution < 1.29 is 9.53 Å². The summed E-state index contributed by atoms with van der Waals surface area (Å²) >= 11 is 0. The minimum Gasteiger partial charge on any atom is -0.444 e. The van der Waals surface area contributed by atoms with Gasteiger partial charge in [0.15, 0.2) is 5.96 Å². The highest BCUT2D eigenvalue weighted by atomic mass is 127. The molecule has 0 aliphatic heterocycles. The smallest absolute Gasteiger partial charge is 0.407 e. The number of halogens is 1. The average Bonchev–Trinajstić information content (AvgIpc) is 2.33. The Morgan fingerprint density at radius 3 is 1.83 bits per heavy atom. The van der Waals surface area contributed by atoms with Crippen molar-refractivity contribution in [3.63, 3.8) is 0 Å². The predicted molar refractivity (Wildman–Crippen MR) is 107 cm³/mol. The van der Waals surface area contributed by atoms with Gasteiger partial charge in [-0.25, -0.2) is 4.79 Å². The largest absolute Gasteiger partial charge is 0.444 e. The highest BCUT2D eigenvalue weighted by molar-refractivity contribution is 14.0. The number of guanidine groups is 1. The molecule has 0 spiro atoms. The Labute approximate surface area is 157 Å². The fourth-order valence-electron chi connectivity index (χ4n) is 1.50. The van der Waals surface area contributed by atoms with Gasteiger partial charge in [0.25, 0.3) is 0 Å². The van der Waals surface area contributed by atoms with Crippen molar-refractivity contribution in [2.45, 2.75) is 52.7 Å². The van der Waals surface area contributed by atoms with Gasteiger partial charge < -0.3 is 26.0 Å². The minimum absolute atomic E-state index is 0. The van der Waals surface area contributed by atoms with Gasteiger partial charge in [-0.15, -0.1) is 24.0 Å². The molecule has 0 bridgehead atoms. The minimum atomic E-state index is -0.477. The SMILES string of the molecule is CN=C(NCCNC(=O)OC(C)(C)C)NCCNC(C)(C)C.I. The second kappa shape index (κ2) is 11.7. The molecule has 0 aromatic heterocycles. The van der Waals surface area contributed by atoms with Crippen LogP contribution in [0.5, 0.6) is 0 Å². The quantitative estimate of drug-likeness (QED) is 0.217. The maximum atomic E-state index is 11.5. The zero-order chi connectivity index (χ0) is 17.2. The van der Waals surface area contributed by atoms with E-state index >= 15 is 0 Å². The molecule has 0 saturated heterocycles. The number of hydrogen-bond acceptors (Lipinski definition) is 4. The summed E-state index contributed by atoms with van der Waals surface area (Å²) in [5.74, 6) is 0.710. The molecular formula is C15H34IN5O2. The van der Waals surface area contributed by atoms with E-state index in [2.05, 4.69) is 47.0 Å². The Hall–Kier alpha value is -0.770. The van der Waals surface area contributed by atoms with Crippen LogP contribution < -0.4 is 21.3 Å². The first kappa shape index (κ1) is 24.5. The summed E-state index contributed by atoms with van der Waals surface area (Å²) in [7, 11) is 1.72. The van der Waals surface area contributed by atoms with E-state index in [0.717, 1.165) is 13.1 Å². The van der Waals surface area contributed by atoms with Crippen molar-refractivity contribution in [3.05, 3.63) is 0 Å². The van der Waals surface area contributed by atoms with Crippen LogP contribution in [-0.2, 0) is 4.74 Å². The molecule has 0 saturated carbocycles. The van der Waals surface area contributed by atoms with Crippen molar-refractivity contribution in [2.24, 2.45) is 4.99 Å². The van der Waals surface area contributed by atoms with Crippen molar-refractivity contribution in [1.82, 2.24) is 21.3 Å². The summed E-state index contributed by atoms with van der Waals surface area (Å²) in [6.45, 7) is 14.6. The van der Waals surface area contributed by atoms with E-state index in [4.69, 9.17) is 4.74 Å². The Balaban J connectivity index is 0. The number of nitrogens with zero attached hydrogens (tertiary/aromatic N) is 1. The maximum Gasteiger partial charge on any atom is 0.407 e. The van der Waals surface area contributed by atoms with Gasteiger partial charge in [0.05, 0.1) is 0 Å². The van der Waals surface area contributed by atoms with Crippen LogP contribution in [0.2, 0.25) is 0 Å². The molecule has 0 aromatic rings. The lowest BCUT2D eigenvalue weighted by Crippen LogP contribution is -2.46. The van der Waals surface area contributed by atoms with Crippen LogP contribution in [-0.4, -0.2) is 56.4 Å². The number of carbonyl (C=O) groups excluding carboxylic acids is 1. The Morgan fingerprint density at radius 2 is 1.39 bits per heavy atom. The number of alkyl carbamates (subject to hydrolysis) is 1. The topological polar surface area (TPSA) is 86.8 Å². The number of ether oxygens (including phenoxy) is 1. The molecule has 1 amide bonds. The third-order valence-corrected chi connectivity index (χ3v) is 2.38. The molecule has 0 atom stereocenters. The lowest BCUT2D eigenvalue weighted by atomic mass is 10.1. The van der Waals surface area contributed by atoms with E-state index in [-0.39, 0.29) is 29.5 Å². The van der Waals surface area contributed by atoms with Gasteiger partial charge >= 0.3 is 6.09 Å². The monoisotopic (exact) mass is 443 g/mol. The van der Waals surface area contributed by atoms with Crippen LogP contribution in [0.25, 0.3) is 0 Å². The fraction of sp³-hybridized carbons (Fsp3) is 0.867. The van der Waals surface area contributed by atoms with E-state index < -0.39 is 11.7 Å². The number of carbonyl (C=O) groups is 1. The average molecular weight is 443 g/mol. The zero-order valence-electron chi connectivity index (χ0n) is 15.5. The number of nitrogens with one attached hydrogen (secondary N) is 4. The molecule has 0 unspecified atom stereocenters. The van der Waals surface area contributed by atoms with Crippen LogP contribution in [0.4, 0.5) is 4.79 Å². The van der Waals surface area contributed by atoms with E-state index in [1.54, 1.807) is 7.05 Å². The summed E-state index contributed by atoms with van der Waals surface area (Å²) in [5.41, 5.74) is -0.370. The van der Waals surface area contributed by atoms with E-state index in [1.807, 2.05) is 20.8 Å². The molecule has 0 aliphatic carbocycles. The lowest BCUT2D eigenvalue weighted by molar-refractivity contribution is 0.0529. The molecule has 7 nitrogen and oxygen atoms in total. The normalized spacial score (nSPS) is 12.2. The standard InChI is InChI=1S/C15H33N5O2.HI/c1-14(2,3)20-11-10-18-12(16-7)17-8-9-19-13(21)22-15(4,5)6;/h20H,8-11H2,1-7H3,(H,19,21)(H2,16,17,18);1H. The van der Waals surface area contributed by atoms with E-state index in [9.17, 15) is 4.79 Å². The first-order chi connectivity index (χ1) is 10.0. The predicted octanol–water partition coefficient (Wildman–Crippen LogP) is 1.68. The molecule has 0 radical (unpaired) electrons. The highest BCUT2D eigenvalue weighted by Crippen LogP contribution is 2.05. The van der Waals surface area contributed by atoms with Crippen molar-refractivity contribution >= 4 is 36.0 Å². The van der Waals surface area contributed by atoms with E-state index in [0.29, 0.717) is 19.0 Å². The molecule has 0 aromatic carbocycles. The molecule has 8 heteroatoms. The lowest BCUT2D eigenvalue weighted by Gasteiger charge is -2.21. The molecule has 23 heavy (non-hydrogen) atoms. The summed E-state index contributed by atoms with van der Waals surface area (Å²) in [4.78, 5) is 15.6. The van der Waals surface area contributed by atoms with Gasteiger partial charge in [-0.05, 0) is 41.5 Å². The zero-order valence-corrected chi connectivity index (χ0v) is 17.8. The van der Waals surface area contributed by atoms with Crippen molar-refractivity contribution in [1.29, 1.82) is 0 Å². The highest BCUT2D eigenvalue weighted by Gasteiger charge is 2.15. The third-order valence-electron chi connectivity index (χ3n) is 2.38. The van der Waals surface area contributed by atoms with Crippen LogP contribution in [0.15, 0.2) is 4.99 Å². The first-order valence-electron chi connectivity index (χ1n) is 7.70. The summed E-state index contributed by atoms with van der Waals surface area (Å²) < 4.78 is 5.15. The first-order valence-corrected chi connectivity index (χ1v) is 7.70. The molecule has 0 rings (SSSR count). The number of aliphatic imine (C=N–C) groups is 1. The van der Waals surface area contributed by atoms with Crippen molar-refractivity contribution in [2.75, 3.05) is 33.2 Å². The molecule has 0 aliphatic rings. The van der Waals surface area contributed by atoms with E-state index in [1.165, 1.54) is 0 Å². The number of rotatable bonds is 6. The number of amides is 1. The van der Waals surface area contributed by atoms with Crippen LogP contribution in [0.3, 0.4) is 0 Å². The Morgan fingerprint density at radius 1 is 0.913 bits per heavy atom. The van der Waals surface area contributed by atoms with Crippen LogP contribution >= 0.6 is 24.0 Å².